The molecule has 0 atom stereocenters. The van der Waals surface area contributed by atoms with E-state index in [4.69, 9.17) is 20.8 Å². The van der Waals surface area contributed by atoms with Crippen LogP contribution in [0.15, 0.2) is 27.5 Å². The molecule has 2 aromatic rings. The molecule has 1 aromatic carbocycles. The Morgan fingerprint density at radius 2 is 2.09 bits per heavy atom. The molecule has 0 saturated carbocycles. The fourth-order valence-corrected chi connectivity index (χ4v) is 2.95. The zero-order valence-corrected chi connectivity index (χ0v) is 13.9. The van der Waals surface area contributed by atoms with Crippen molar-refractivity contribution in [3.8, 4) is 5.75 Å². The highest BCUT2D eigenvalue weighted by atomic mass is 35.5. The molecule has 22 heavy (non-hydrogen) atoms. The Morgan fingerprint density at radius 1 is 1.36 bits per heavy atom. The summed E-state index contributed by atoms with van der Waals surface area (Å²) in [6.45, 7) is 3.72. The van der Waals surface area contributed by atoms with Crippen LogP contribution in [0.3, 0.4) is 0 Å². The fraction of sp³-hybridized carbons (Fsp3) is 0.385. The maximum absolute atomic E-state index is 12.2. The Balaban J connectivity index is 2.12. The van der Waals surface area contributed by atoms with Crippen LogP contribution in [0.4, 0.5) is 0 Å². The van der Waals surface area contributed by atoms with Crippen LogP contribution in [-0.2, 0) is 16.6 Å². The molecule has 0 saturated heterocycles. The van der Waals surface area contributed by atoms with Crippen LogP contribution in [-0.4, -0.2) is 25.7 Å². The highest BCUT2D eigenvalue weighted by Crippen LogP contribution is 2.26. The third kappa shape index (κ3) is 3.76. The molecule has 0 unspecified atom stereocenters. The van der Waals surface area contributed by atoms with Gasteiger partial charge in [-0.1, -0.05) is 25.4 Å². The third-order valence-electron chi connectivity index (χ3n) is 2.82. The number of sulfonamides is 1. The smallest absolute Gasteiger partial charge is 0.241 e. The van der Waals surface area contributed by atoms with Crippen molar-refractivity contribution in [2.75, 3.05) is 7.11 Å². The summed E-state index contributed by atoms with van der Waals surface area (Å²) in [5.41, 5.74) is 0. The van der Waals surface area contributed by atoms with E-state index in [1.165, 1.54) is 25.3 Å². The van der Waals surface area contributed by atoms with Gasteiger partial charge in [0, 0.05) is 5.92 Å². The van der Waals surface area contributed by atoms with Crippen molar-refractivity contribution in [3.63, 3.8) is 0 Å². The van der Waals surface area contributed by atoms with Crippen molar-refractivity contribution >= 4 is 21.6 Å². The molecule has 0 aliphatic rings. The molecule has 1 N–H and O–H groups in total. The first-order valence-corrected chi connectivity index (χ1v) is 8.35. The first kappa shape index (κ1) is 16.7. The van der Waals surface area contributed by atoms with Gasteiger partial charge < -0.3 is 9.15 Å². The van der Waals surface area contributed by atoms with Crippen molar-refractivity contribution in [1.29, 1.82) is 0 Å². The van der Waals surface area contributed by atoms with Gasteiger partial charge in [-0.2, -0.15) is 0 Å². The number of hydrogen-bond acceptors (Lipinski definition) is 6. The maximum atomic E-state index is 12.2. The zero-order chi connectivity index (χ0) is 16.3. The van der Waals surface area contributed by atoms with Crippen LogP contribution in [0.5, 0.6) is 5.75 Å². The van der Waals surface area contributed by atoms with Crippen LogP contribution in [0.25, 0.3) is 0 Å². The minimum Gasteiger partial charge on any atom is -0.495 e. The second kappa shape index (κ2) is 6.64. The Bertz CT molecular complexity index is 758. The monoisotopic (exact) mass is 345 g/mol. The van der Waals surface area contributed by atoms with Gasteiger partial charge in [-0.25, -0.2) is 13.1 Å². The topological polar surface area (TPSA) is 94.3 Å². The van der Waals surface area contributed by atoms with Crippen molar-refractivity contribution in [2.45, 2.75) is 31.2 Å². The number of benzene rings is 1. The van der Waals surface area contributed by atoms with Crippen molar-refractivity contribution in [1.82, 2.24) is 14.9 Å². The molecule has 0 amide bonds. The molecule has 0 radical (unpaired) electrons. The third-order valence-corrected chi connectivity index (χ3v) is 4.52. The van der Waals surface area contributed by atoms with Crippen molar-refractivity contribution in [3.05, 3.63) is 35.0 Å². The summed E-state index contributed by atoms with van der Waals surface area (Å²) in [4.78, 5) is 0.0295. The summed E-state index contributed by atoms with van der Waals surface area (Å²) in [5, 5.41) is 7.84. The van der Waals surface area contributed by atoms with E-state index in [-0.39, 0.29) is 28.3 Å². The number of nitrogens with zero attached hydrogens (tertiary/aromatic N) is 2. The van der Waals surface area contributed by atoms with Gasteiger partial charge >= 0.3 is 0 Å². The van der Waals surface area contributed by atoms with E-state index in [9.17, 15) is 8.42 Å². The van der Waals surface area contributed by atoms with Gasteiger partial charge in [0.2, 0.25) is 21.8 Å². The zero-order valence-electron chi connectivity index (χ0n) is 12.3. The van der Waals surface area contributed by atoms with E-state index in [1.807, 2.05) is 13.8 Å². The first-order valence-electron chi connectivity index (χ1n) is 6.49. The lowest BCUT2D eigenvalue weighted by molar-refractivity contribution is 0.414. The molecule has 2 rings (SSSR count). The summed E-state index contributed by atoms with van der Waals surface area (Å²) >= 11 is 5.93. The lowest BCUT2D eigenvalue weighted by Crippen LogP contribution is -2.23. The van der Waals surface area contributed by atoms with E-state index in [1.54, 1.807) is 0 Å². The van der Waals surface area contributed by atoms with Crippen LogP contribution in [0.2, 0.25) is 5.02 Å². The van der Waals surface area contributed by atoms with Crippen molar-refractivity contribution < 1.29 is 17.6 Å². The second-order valence-corrected chi connectivity index (χ2v) is 6.98. The number of ether oxygens (including phenoxy) is 1. The quantitative estimate of drug-likeness (QED) is 0.863. The average Bonchev–Trinajstić information content (AvgIpc) is 2.94. The normalized spacial score (nSPS) is 11.9. The molecule has 0 bridgehead atoms. The highest BCUT2D eigenvalue weighted by molar-refractivity contribution is 7.89. The minimum atomic E-state index is -3.73. The van der Waals surface area contributed by atoms with E-state index >= 15 is 0 Å². The standard InChI is InChI=1S/C13H16ClN3O4S/c1-8(2)13-17-16-12(21-13)7-15-22(18,19)9-4-5-11(20-3)10(14)6-9/h4-6,8,15H,7H2,1-3H3. The van der Waals surface area contributed by atoms with Crippen LogP contribution < -0.4 is 9.46 Å². The molecule has 0 aliphatic carbocycles. The van der Waals surface area contributed by atoms with Gasteiger partial charge in [0.15, 0.2) is 0 Å². The van der Waals surface area contributed by atoms with Gasteiger partial charge in [-0.05, 0) is 18.2 Å². The number of halogens is 1. The van der Waals surface area contributed by atoms with Crippen LogP contribution in [0, 0.1) is 0 Å². The van der Waals surface area contributed by atoms with Crippen LogP contribution in [0.1, 0.15) is 31.5 Å². The molecular weight excluding hydrogens is 330 g/mol. The van der Waals surface area contributed by atoms with Gasteiger partial charge in [-0.15, -0.1) is 10.2 Å². The second-order valence-electron chi connectivity index (χ2n) is 4.81. The lowest BCUT2D eigenvalue weighted by Gasteiger charge is -2.07. The van der Waals surface area contributed by atoms with Crippen molar-refractivity contribution in [2.24, 2.45) is 0 Å². The molecule has 9 heteroatoms. The van der Waals surface area contributed by atoms with Gasteiger partial charge in [0.1, 0.15) is 5.75 Å². The molecule has 7 nitrogen and oxygen atoms in total. The molecule has 0 fully saturated rings. The van der Waals surface area contributed by atoms with E-state index in [0.717, 1.165) is 0 Å². The molecule has 1 heterocycles. The summed E-state index contributed by atoms with van der Waals surface area (Å²) in [6.07, 6.45) is 0. The summed E-state index contributed by atoms with van der Waals surface area (Å²) < 4.78 is 37.1. The summed E-state index contributed by atoms with van der Waals surface area (Å²) in [6, 6.07) is 4.21. The molecule has 1 aromatic heterocycles. The Kier molecular flexibility index (Phi) is 5.05. The summed E-state index contributed by atoms with van der Waals surface area (Å²) in [7, 11) is -2.28. The SMILES string of the molecule is COc1ccc(S(=O)(=O)NCc2nnc(C(C)C)o2)cc1Cl. The Morgan fingerprint density at radius 3 is 2.64 bits per heavy atom. The first-order chi connectivity index (χ1) is 10.3. The summed E-state index contributed by atoms with van der Waals surface area (Å²) in [5.74, 6) is 1.14. The van der Waals surface area contributed by atoms with E-state index in [0.29, 0.717) is 11.6 Å². The number of hydrogen-bond donors (Lipinski definition) is 1. The van der Waals surface area contributed by atoms with E-state index in [2.05, 4.69) is 14.9 Å². The van der Waals surface area contributed by atoms with E-state index < -0.39 is 10.0 Å². The van der Waals surface area contributed by atoms with Gasteiger partial charge in [0.05, 0.1) is 23.6 Å². The highest BCUT2D eigenvalue weighted by Gasteiger charge is 2.18. The van der Waals surface area contributed by atoms with Crippen LogP contribution >= 0.6 is 11.6 Å². The fourth-order valence-electron chi connectivity index (χ4n) is 1.63. The predicted molar refractivity (Wildman–Crippen MR) is 80.4 cm³/mol. The molecular formula is C13H16ClN3O4S. The maximum Gasteiger partial charge on any atom is 0.241 e. The van der Waals surface area contributed by atoms with Gasteiger partial charge in [0.25, 0.3) is 0 Å². The van der Waals surface area contributed by atoms with Gasteiger partial charge in [-0.3, -0.25) is 0 Å². The lowest BCUT2D eigenvalue weighted by atomic mass is 10.2. The predicted octanol–water partition coefficient (Wildman–Crippen LogP) is 2.33. The molecule has 0 spiro atoms. The minimum absolute atomic E-state index is 0.0295. The number of rotatable bonds is 6. The molecule has 0 aliphatic heterocycles. The molecule has 120 valence electrons. The average molecular weight is 346 g/mol. The largest absolute Gasteiger partial charge is 0.495 e. The Hall–Kier alpha value is -1.64. The number of methoxy groups -OCH3 is 1. The number of nitrogens with one attached hydrogen (secondary N) is 1. The number of aromatic nitrogens is 2. The Labute approximate surface area is 133 Å².